The van der Waals surface area contributed by atoms with Crippen LogP contribution in [0.3, 0.4) is 0 Å². The Bertz CT molecular complexity index is 645. The van der Waals surface area contributed by atoms with E-state index < -0.39 is 0 Å². The second-order valence-corrected chi connectivity index (χ2v) is 5.68. The van der Waals surface area contributed by atoms with E-state index in [4.69, 9.17) is 16.0 Å². The Morgan fingerprint density at radius 2 is 2.14 bits per heavy atom. The maximum atomic E-state index is 12.1. The Hall–Kier alpha value is -1.75. The molecule has 1 amide bonds. The molecule has 0 unspecified atom stereocenters. The minimum Gasteiger partial charge on any atom is -0.465 e. The fourth-order valence-electron chi connectivity index (χ4n) is 2.12. The summed E-state index contributed by atoms with van der Waals surface area (Å²) in [4.78, 5) is 12.1. The van der Waals surface area contributed by atoms with Crippen LogP contribution < -0.4 is 5.32 Å². The smallest absolute Gasteiger partial charge is 0.225 e. The van der Waals surface area contributed by atoms with Gasteiger partial charge in [-0.1, -0.05) is 18.5 Å². The number of amides is 1. The lowest BCUT2D eigenvalue weighted by Gasteiger charge is -2.12. The summed E-state index contributed by atoms with van der Waals surface area (Å²) in [6.45, 7) is 8.40. The van der Waals surface area contributed by atoms with E-state index in [0.29, 0.717) is 18.1 Å². The second kappa shape index (κ2) is 6.35. The van der Waals surface area contributed by atoms with Gasteiger partial charge in [-0.3, -0.25) is 9.48 Å². The average molecular weight is 310 g/mol. The first kappa shape index (κ1) is 15.6. The Morgan fingerprint density at radius 3 is 2.67 bits per heavy atom. The van der Waals surface area contributed by atoms with E-state index in [0.717, 1.165) is 22.9 Å². The highest BCUT2D eigenvalue weighted by Crippen LogP contribution is 2.19. The lowest BCUT2D eigenvalue weighted by molar-refractivity contribution is -0.125. The third-order valence-electron chi connectivity index (χ3n) is 3.42. The minimum absolute atomic E-state index is 0.0345. The molecule has 0 aliphatic carbocycles. The van der Waals surface area contributed by atoms with E-state index in [9.17, 15) is 4.79 Å². The summed E-state index contributed by atoms with van der Waals surface area (Å²) in [5, 5.41) is 7.87. The van der Waals surface area contributed by atoms with E-state index in [1.807, 2.05) is 39.8 Å². The molecule has 2 aromatic heterocycles. The van der Waals surface area contributed by atoms with Crippen molar-refractivity contribution in [1.29, 1.82) is 0 Å². The molecule has 0 bridgehead atoms. The highest BCUT2D eigenvalue weighted by molar-refractivity contribution is 6.31. The molecule has 2 rings (SSSR count). The van der Waals surface area contributed by atoms with E-state index >= 15 is 0 Å². The molecule has 1 atom stereocenters. The van der Waals surface area contributed by atoms with Crippen LogP contribution in [0, 0.1) is 26.7 Å². The van der Waals surface area contributed by atoms with Crippen molar-refractivity contribution in [3.05, 3.63) is 40.1 Å². The highest BCUT2D eigenvalue weighted by atomic mass is 35.5. The molecule has 0 saturated carbocycles. The van der Waals surface area contributed by atoms with Gasteiger partial charge in [0.2, 0.25) is 5.91 Å². The number of rotatable bonds is 5. The van der Waals surface area contributed by atoms with Gasteiger partial charge < -0.3 is 9.73 Å². The standard InChI is InChI=1S/C15H20ClN3O2/c1-9(8-19-12(4)14(16)11(3)18-19)15(20)17-7-13-6-5-10(2)21-13/h5-6,9H,7-8H2,1-4H3,(H,17,20)/t9-/m1/s1. The van der Waals surface area contributed by atoms with Crippen LogP contribution in [0.4, 0.5) is 0 Å². The van der Waals surface area contributed by atoms with Crippen LogP contribution in [-0.2, 0) is 17.9 Å². The number of furan rings is 1. The van der Waals surface area contributed by atoms with Gasteiger partial charge in [0.25, 0.3) is 0 Å². The van der Waals surface area contributed by atoms with Crippen LogP contribution >= 0.6 is 11.6 Å². The van der Waals surface area contributed by atoms with Crippen LogP contribution in [-0.4, -0.2) is 15.7 Å². The first-order valence-corrected chi connectivity index (χ1v) is 7.28. The van der Waals surface area contributed by atoms with Gasteiger partial charge in [0, 0.05) is 0 Å². The van der Waals surface area contributed by atoms with Crippen molar-refractivity contribution in [2.45, 2.75) is 40.8 Å². The van der Waals surface area contributed by atoms with Gasteiger partial charge in [0.15, 0.2) is 0 Å². The van der Waals surface area contributed by atoms with Gasteiger partial charge in [0.05, 0.1) is 35.4 Å². The molecule has 0 fully saturated rings. The quantitative estimate of drug-likeness (QED) is 0.923. The zero-order valence-electron chi connectivity index (χ0n) is 12.7. The Balaban J connectivity index is 1.91. The molecule has 2 aromatic rings. The molecule has 114 valence electrons. The van der Waals surface area contributed by atoms with E-state index in [-0.39, 0.29) is 11.8 Å². The molecule has 0 spiro atoms. The molecule has 0 aliphatic rings. The summed E-state index contributed by atoms with van der Waals surface area (Å²) in [6.07, 6.45) is 0. The predicted octanol–water partition coefficient (Wildman–Crippen LogP) is 3.01. The monoisotopic (exact) mass is 309 g/mol. The second-order valence-electron chi connectivity index (χ2n) is 5.30. The fraction of sp³-hybridized carbons (Fsp3) is 0.467. The SMILES string of the molecule is Cc1ccc(CNC(=O)[C@H](C)Cn2nc(C)c(Cl)c2C)o1. The van der Waals surface area contributed by atoms with Gasteiger partial charge in [-0.2, -0.15) is 5.10 Å². The number of hydrogen-bond donors (Lipinski definition) is 1. The van der Waals surface area contributed by atoms with Crippen molar-refractivity contribution in [3.63, 3.8) is 0 Å². The summed E-state index contributed by atoms with van der Waals surface area (Å²) < 4.78 is 7.20. The molecular formula is C15H20ClN3O2. The normalized spacial score (nSPS) is 12.4. The number of carbonyl (C=O) groups excluding carboxylic acids is 1. The van der Waals surface area contributed by atoms with Gasteiger partial charge in [-0.05, 0) is 32.9 Å². The lowest BCUT2D eigenvalue weighted by Crippen LogP contribution is -2.31. The number of halogens is 1. The van der Waals surface area contributed by atoms with Crippen molar-refractivity contribution < 1.29 is 9.21 Å². The highest BCUT2D eigenvalue weighted by Gasteiger charge is 2.17. The first-order chi connectivity index (χ1) is 9.88. The molecule has 6 heteroatoms. The summed E-state index contributed by atoms with van der Waals surface area (Å²) in [6, 6.07) is 3.74. The van der Waals surface area contributed by atoms with Crippen LogP contribution in [0.25, 0.3) is 0 Å². The lowest BCUT2D eigenvalue weighted by atomic mass is 10.1. The van der Waals surface area contributed by atoms with Crippen molar-refractivity contribution in [2.75, 3.05) is 0 Å². The van der Waals surface area contributed by atoms with Crippen molar-refractivity contribution in [3.8, 4) is 0 Å². The van der Waals surface area contributed by atoms with Gasteiger partial charge in [-0.15, -0.1) is 0 Å². The van der Waals surface area contributed by atoms with Crippen LogP contribution in [0.5, 0.6) is 0 Å². The number of hydrogen-bond acceptors (Lipinski definition) is 3. The number of carbonyl (C=O) groups is 1. The zero-order chi connectivity index (χ0) is 15.6. The number of aromatic nitrogens is 2. The first-order valence-electron chi connectivity index (χ1n) is 6.91. The van der Waals surface area contributed by atoms with Gasteiger partial charge >= 0.3 is 0 Å². The van der Waals surface area contributed by atoms with E-state index in [1.54, 1.807) is 4.68 Å². The average Bonchev–Trinajstić information content (AvgIpc) is 2.96. The molecule has 21 heavy (non-hydrogen) atoms. The zero-order valence-corrected chi connectivity index (χ0v) is 13.5. The van der Waals surface area contributed by atoms with Gasteiger partial charge in [-0.25, -0.2) is 0 Å². The summed E-state index contributed by atoms with van der Waals surface area (Å²) in [7, 11) is 0. The van der Waals surface area contributed by atoms with E-state index in [2.05, 4.69) is 10.4 Å². The van der Waals surface area contributed by atoms with Crippen molar-refractivity contribution >= 4 is 17.5 Å². The molecule has 2 heterocycles. The maximum absolute atomic E-state index is 12.1. The number of aryl methyl sites for hydroxylation is 2. The van der Waals surface area contributed by atoms with Gasteiger partial charge in [0.1, 0.15) is 11.5 Å². The largest absolute Gasteiger partial charge is 0.465 e. The summed E-state index contributed by atoms with van der Waals surface area (Å²) in [5.74, 6) is 1.36. The molecule has 0 aromatic carbocycles. The van der Waals surface area contributed by atoms with Crippen molar-refractivity contribution in [2.24, 2.45) is 5.92 Å². The Labute approximate surface area is 129 Å². The van der Waals surface area contributed by atoms with Crippen molar-refractivity contribution in [1.82, 2.24) is 15.1 Å². The van der Waals surface area contributed by atoms with Crippen LogP contribution in [0.15, 0.2) is 16.5 Å². The Kier molecular flexibility index (Phi) is 4.73. The fourth-order valence-corrected chi connectivity index (χ4v) is 2.26. The number of nitrogens with zero attached hydrogens (tertiary/aromatic N) is 2. The molecule has 0 aliphatic heterocycles. The van der Waals surface area contributed by atoms with Crippen LogP contribution in [0.2, 0.25) is 5.02 Å². The molecule has 0 saturated heterocycles. The molecule has 0 radical (unpaired) electrons. The predicted molar refractivity (Wildman–Crippen MR) is 81.2 cm³/mol. The molecular weight excluding hydrogens is 290 g/mol. The third-order valence-corrected chi connectivity index (χ3v) is 3.97. The summed E-state index contributed by atoms with van der Waals surface area (Å²) in [5.41, 5.74) is 1.67. The topological polar surface area (TPSA) is 60.1 Å². The summed E-state index contributed by atoms with van der Waals surface area (Å²) >= 11 is 6.11. The third kappa shape index (κ3) is 3.67. The number of nitrogens with one attached hydrogen (secondary N) is 1. The van der Waals surface area contributed by atoms with Crippen LogP contribution in [0.1, 0.15) is 29.8 Å². The molecule has 1 N–H and O–H groups in total. The Morgan fingerprint density at radius 1 is 1.43 bits per heavy atom. The van der Waals surface area contributed by atoms with E-state index in [1.165, 1.54) is 0 Å². The molecule has 5 nitrogen and oxygen atoms in total. The minimum atomic E-state index is -0.199. The maximum Gasteiger partial charge on any atom is 0.225 e.